The van der Waals surface area contributed by atoms with E-state index in [0.717, 1.165) is 18.4 Å². The fourth-order valence-corrected chi connectivity index (χ4v) is 3.29. The Hall–Kier alpha value is -2.37. The number of piperidine rings is 1. The van der Waals surface area contributed by atoms with Crippen LogP contribution in [0.1, 0.15) is 31.2 Å². The summed E-state index contributed by atoms with van der Waals surface area (Å²) in [7, 11) is 0. The molecular formula is C19H24N2O4. The van der Waals surface area contributed by atoms with Crippen LogP contribution in [0.4, 0.5) is 0 Å². The number of likely N-dealkylation sites (tertiary alicyclic amines) is 1. The lowest BCUT2D eigenvalue weighted by atomic mass is 9.94. The molecule has 6 nitrogen and oxygen atoms in total. The second kappa shape index (κ2) is 7.68. The molecule has 1 heterocycles. The van der Waals surface area contributed by atoms with E-state index in [1.165, 1.54) is 0 Å². The summed E-state index contributed by atoms with van der Waals surface area (Å²) in [5, 5.41) is 12.1. The van der Waals surface area contributed by atoms with Crippen molar-refractivity contribution in [2.24, 2.45) is 11.8 Å². The first-order valence-corrected chi connectivity index (χ1v) is 8.90. The first kappa shape index (κ1) is 17.5. The van der Waals surface area contributed by atoms with Crippen molar-refractivity contribution >= 4 is 17.8 Å². The molecule has 25 heavy (non-hydrogen) atoms. The second-order valence-corrected chi connectivity index (χ2v) is 6.96. The third kappa shape index (κ3) is 4.59. The smallest absolute Gasteiger partial charge is 0.326 e. The molecule has 134 valence electrons. The molecule has 2 aliphatic rings. The van der Waals surface area contributed by atoms with Crippen molar-refractivity contribution in [2.45, 2.75) is 38.1 Å². The van der Waals surface area contributed by atoms with E-state index < -0.39 is 12.0 Å². The van der Waals surface area contributed by atoms with Crippen LogP contribution in [0.25, 0.3) is 0 Å². The SMILES string of the molecule is O=C(N[C@@H](Cc1ccccc1)C(=O)O)C1CCN(C(=O)C2CC2)CC1. The average molecular weight is 344 g/mol. The van der Waals surface area contributed by atoms with Gasteiger partial charge in [0, 0.05) is 31.3 Å². The molecule has 1 aromatic rings. The van der Waals surface area contributed by atoms with Gasteiger partial charge in [-0.1, -0.05) is 30.3 Å². The summed E-state index contributed by atoms with van der Waals surface area (Å²) in [6.07, 6.45) is 3.43. The van der Waals surface area contributed by atoms with Crippen molar-refractivity contribution in [1.29, 1.82) is 0 Å². The minimum absolute atomic E-state index is 0.202. The Bertz CT molecular complexity index is 634. The van der Waals surface area contributed by atoms with Crippen LogP contribution in [0, 0.1) is 11.8 Å². The third-order valence-electron chi connectivity index (χ3n) is 5.00. The van der Waals surface area contributed by atoms with Gasteiger partial charge in [-0.2, -0.15) is 0 Å². The highest BCUT2D eigenvalue weighted by molar-refractivity contribution is 5.86. The molecule has 3 rings (SSSR count). The predicted octanol–water partition coefficient (Wildman–Crippen LogP) is 1.45. The van der Waals surface area contributed by atoms with Crippen LogP contribution in [-0.4, -0.2) is 46.9 Å². The molecule has 0 unspecified atom stereocenters. The largest absolute Gasteiger partial charge is 0.480 e. The molecule has 1 atom stereocenters. The van der Waals surface area contributed by atoms with E-state index in [0.29, 0.717) is 25.9 Å². The van der Waals surface area contributed by atoms with Gasteiger partial charge < -0.3 is 15.3 Å². The second-order valence-electron chi connectivity index (χ2n) is 6.96. The molecule has 0 aromatic heterocycles. The summed E-state index contributed by atoms with van der Waals surface area (Å²) < 4.78 is 0. The summed E-state index contributed by atoms with van der Waals surface area (Å²) in [6, 6.07) is 8.34. The molecule has 1 aromatic carbocycles. The van der Waals surface area contributed by atoms with Gasteiger partial charge in [-0.25, -0.2) is 4.79 Å². The number of nitrogens with one attached hydrogen (secondary N) is 1. The van der Waals surface area contributed by atoms with E-state index in [1.807, 2.05) is 35.2 Å². The molecule has 2 fully saturated rings. The molecule has 0 bridgehead atoms. The van der Waals surface area contributed by atoms with Crippen molar-refractivity contribution < 1.29 is 19.5 Å². The molecule has 2 N–H and O–H groups in total. The Balaban J connectivity index is 1.51. The Labute approximate surface area is 147 Å². The zero-order chi connectivity index (χ0) is 17.8. The number of carbonyl (C=O) groups is 3. The van der Waals surface area contributed by atoms with Gasteiger partial charge in [0.05, 0.1) is 0 Å². The monoisotopic (exact) mass is 344 g/mol. The number of hydrogen-bond acceptors (Lipinski definition) is 3. The van der Waals surface area contributed by atoms with Crippen molar-refractivity contribution in [3.05, 3.63) is 35.9 Å². The number of carboxylic acid groups (broad SMARTS) is 1. The summed E-state index contributed by atoms with van der Waals surface area (Å²) in [6.45, 7) is 1.17. The molecule has 1 aliphatic heterocycles. The third-order valence-corrected chi connectivity index (χ3v) is 5.00. The summed E-state index contributed by atoms with van der Waals surface area (Å²) >= 11 is 0. The lowest BCUT2D eigenvalue weighted by Gasteiger charge is -2.32. The summed E-state index contributed by atoms with van der Waals surface area (Å²) in [5.74, 6) is -1.06. The van der Waals surface area contributed by atoms with Crippen LogP contribution in [-0.2, 0) is 20.8 Å². The lowest BCUT2D eigenvalue weighted by molar-refractivity contribution is -0.143. The highest BCUT2D eigenvalue weighted by atomic mass is 16.4. The Morgan fingerprint density at radius 2 is 1.68 bits per heavy atom. The molecule has 6 heteroatoms. The van der Waals surface area contributed by atoms with Crippen molar-refractivity contribution in [3.63, 3.8) is 0 Å². The standard InChI is InChI=1S/C19H24N2O4/c22-17(14-8-10-21(11-9-14)18(23)15-6-7-15)20-16(19(24)25)12-13-4-2-1-3-5-13/h1-5,14-16H,6-12H2,(H,20,22)(H,24,25)/t16-/m0/s1. The topological polar surface area (TPSA) is 86.7 Å². The van der Waals surface area contributed by atoms with E-state index in [-0.39, 0.29) is 30.1 Å². The maximum absolute atomic E-state index is 12.4. The Kier molecular flexibility index (Phi) is 5.36. The van der Waals surface area contributed by atoms with Crippen LogP contribution < -0.4 is 5.32 Å². The zero-order valence-corrected chi connectivity index (χ0v) is 14.2. The molecule has 0 spiro atoms. The van der Waals surface area contributed by atoms with E-state index in [9.17, 15) is 19.5 Å². The van der Waals surface area contributed by atoms with Crippen LogP contribution in [0.2, 0.25) is 0 Å². The number of aliphatic carboxylic acids is 1. The maximum atomic E-state index is 12.4. The number of benzene rings is 1. The number of nitrogens with zero attached hydrogens (tertiary/aromatic N) is 1. The fraction of sp³-hybridized carbons (Fsp3) is 0.526. The zero-order valence-electron chi connectivity index (χ0n) is 14.2. The summed E-state index contributed by atoms with van der Waals surface area (Å²) in [5.41, 5.74) is 0.875. The average Bonchev–Trinajstić information content (AvgIpc) is 3.46. The highest BCUT2D eigenvalue weighted by Crippen LogP contribution is 2.32. The lowest BCUT2D eigenvalue weighted by Crippen LogP contribution is -2.48. The number of carboxylic acids is 1. The maximum Gasteiger partial charge on any atom is 0.326 e. The van der Waals surface area contributed by atoms with E-state index in [4.69, 9.17) is 0 Å². The highest BCUT2D eigenvalue weighted by Gasteiger charge is 2.36. The quantitative estimate of drug-likeness (QED) is 0.818. The van der Waals surface area contributed by atoms with Gasteiger partial charge in [-0.3, -0.25) is 9.59 Å². The molecule has 1 saturated carbocycles. The van der Waals surface area contributed by atoms with Gasteiger partial charge >= 0.3 is 5.97 Å². The number of amides is 2. The van der Waals surface area contributed by atoms with E-state index >= 15 is 0 Å². The molecule has 0 radical (unpaired) electrons. The first-order chi connectivity index (χ1) is 12.0. The van der Waals surface area contributed by atoms with Gasteiger partial charge in [-0.15, -0.1) is 0 Å². The first-order valence-electron chi connectivity index (χ1n) is 8.90. The predicted molar refractivity (Wildman–Crippen MR) is 91.7 cm³/mol. The molecule has 2 amide bonds. The van der Waals surface area contributed by atoms with Crippen LogP contribution in [0.3, 0.4) is 0 Å². The Morgan fingerprint density at radius 3 is 2.24 bits per heavy atom. The molecular weight excluding hydrogens is 320 g/mol. The van der Waals surface area contributed by atoms with Gasteiger partial charge in [0.1, 0.15) is 6.04 Å². The molecule has 1 aliphatic carbocycles. The van der Waals surface area contributed by atoms with Crippen molar-refractivity contribution in [1.82, 2.24) is 10.2 Å². The van der Waals surface area contributed by atoms with Gasteiger partial charge in [0.15, 0.2) is 0 Å². The van der Waals surface area contributed by atoms with Crippen LogP contribution in [0.15, 0.2) is 30.3 Å². The Morgan fingerprint density at radius 1 is 1.04 bits per heavy atom. The van der Waals surface area contributed by atoms with Crippen LogP contribution in [0.5, 0.6) is 0 Å². The van der Waals surface area contributed by atoms with Gasteiger partial charge in [0.2, 0.25) is 11.8 Å². The van der Waals surface area contributed by atoms with Gasteiger partial charge in [-0.05, 0) is 31.2 Å². The van der Waals surface area contributed by atoms with E-state index in [2.05, 4.69) is 5.32 Å². The van der Waals surface area contributed by atoms with Gasteiger partial charge in [0.25, 0.3) is 0 Å². The minimum Gasteiger partial charge on any atom is -0.480 e. The fourth-order valence-electron chi connectivity index (χ4n) is 3.29. The number of rotatable bonds is 6. The van der Waals surface area contributed by atoms with Crippen LogP contribution >= 0.6 is 0 Å². The number of hydrogen-bond donors (Lipinski definition) is 2. The number of carbonyl (C=O) groups excluding carboxylic acids is 2. The normalized spacial score (nSPS) is 19.3. The van der Waals surface area contributed by atoms with E-state index in [1.54, 1.807) is 0 Å². The van der Waals surface area contributed by atoms with Crippen molar-refractivity contribution in [2.75, 3.05) is 13.1 Å². The molecule has 1 saturated heterocycles. The van der Waals surface area contributed by atoms with Crippen molar-refractivity contribution in [3.8, 4) is 0 Å². The summed E-state index contributed by atoms with van der Waals surface area (Å²) in [4.78, 5) is 37.8. The minimum atomic E-state index is -1.03.